The first kappa shape index (κ1) is 24.9. The van der Waals surface area contributed by atoms with Crippen LogP contribution in [0, 0.1) is 0 Å². The van der Waals surface area contributed by atoms with Gasteiger partial charge in [-0.25, -0.2) is 4.98 Å². The molecule has 0 aliphatic rings. The van der Waals surface area contributed by atoms with E-state index in [-0.39, 0.29) is 24.0 Å². The van der Waals surface area contributed by atoms with Crippen LogP contribution >= 0.6 is 35.3 Å². The van der Waals surface area contributed by atoms with Gasteiger partial charge in [-0.05, 0) is 52.9 Å². The lowest BCUT2D eigenvalue weighted by molar-refractivity contribution is 0.319. The highest BCUT2D eigenvalue weighted by Gasteiger charge is 2.08. The van der Waals surface area contributed by atoms with Gasteiger partial charge in [0.15, 0.2) is 17.5 Å². The number of pyridine rings is 1. The van der Waals surface area contributed by atoms with Gasteiger partial charge in [-0.2, -0.15) is 11.3 Å². The highest BCUT2D eigenvalue weighted by molar-refractivity contribution is 14.0. The van der Waals surface area contributed by atoms with Crippen LogP contribution in [0.4, 0.5) is 0 Å². The molecule has 3 aromatic rings. The summed E-state index contributed by atoms with van der Waals surface area (Å²) in [5, 5.41) is 11.0. The van der Waals surface area contributed by atoms with Gasteiger partial charge in [0.05, 0.1) is 6.61 Å². The van der Waals surface area contributed by atoms with Crippen molar-refractivity contribution in [3.05, 3.63) is 70.5 Å². The van der Waals surface area contributed by atoms with Crippen LogP contribution in [0.1, 0.15) is 30.9 Å². The van der Waals surface area contributed by atoms with Crippen molar-refractivity contribution in [3.63, 3.8) is 0 Å². The van der Waals surface area contributed by atoms with Crippen LogP contribution in [-0.2, 0) is 6.54 Å². The number of ether oxygens (including phenoxy) is 2. The van der Waals surface area contributed by atoms with E-state index in [9.17, 15) is 0 Å². The molecule has 2 N–H and O–H groups in total. The monoisotopic (exact) mass is 552 g/mol. The fourth-order valence-corrected chi connectivity index (χ4v) is 3.61. The molecule has 0 saturated carbocycles. The van der Waals surface area contributed by atoms with E-state index < -0.39 is 0 Å². The SMILES string of the molecule is CCOc1ccccc1Oc1ccc(CNC(=NC)NCC(C)c2ccsc2)cn1.I. The summed E-state index contributed by atoms with van der Waals surface area (Å²) in [6.07, 6.45) is 1.80. The van der Waals surface area contributed by atoms with Gasteiger partial charge in [0.1, 0.15) is 0 Å². The molecular weight excluding hydrogens is 523 g/mol. The maximum atomic E-state index is 5.87. The third-order valence-corrected chi connectivity index (χ3v) is 5.23. The van der Waals surface area contributed by atoms with E-state index in [0.717, 1.165) is 18.1 Å². The number of guanidine groups is 1. The first-order valence-electron chi connectivity index (χ1n) is 10.0. The average molecular weight is 552 g/mol. The summed E-state index contributed by atoms with van der Waals surface area (Å²) in [5.74, 6) is 3.08. The van der Waals surface area contributed by atoms with Gasteiger partial charge in [0, 0.05) is 32.4 Å². The number of halogens is 1. The van der Waals surface area contributed by atoms with Crippen LogP contribution in [0.3, 0.4) is 0 Å². The quantitative estimate of drug-likeness (QED) is 0.211. The number of thiophene rings is 1. The molecule has 166 valence electrons. The zero-order valence-corrected chi connectivity index (χ0v) is 21.1. The molecule has 1 unspecified atom stereocenters. The lowest BCUT2D eigenvalue weighted by Gasteiger charge is -2.15. The Morgan fingerprint density at radius 3 is 2.58 bits per heavy atom. The Bertz CT molecular complexity index is 933. The maximum absolute atomic E-state index is 5.87. The molecule has 0 spiro atoms. The number of hydrogen-bond acceptors (Lipinski definition) is 5. The van der Waals surface area contributed by atoms with Crippen molar-refractivity contribution in [2.75, 3.05) is 20.2 Å². The van der Waals surface area contributed by atoms with Gasteiger partial charge in [-0.15, -0.1) is 24.0 Å². The molecule has 8 heteroatoms. The number of rotatable bonds is 9. The molecule has 0 fully saturated rings. The van der Waals surface area contributed by atoms with Gasteiger partial charge < -0.3 is 20.1 Å². The molecule has 0 radical (unpaired) electrons. The Hall–Kier alpha value is -2.33. The van der Waals surface area contributed by atoms with E-state index >= 15 is 0 Å². The van der Waals surface area contributed by atoms with Crippen LogP contribution < -0.4 is 20.1 Å². The van der Waals surface area contributed by atoms with E-state index in [1.165, 1.54) is 5.56 Å². The highest BCUT2D eigenvalue weighted by atomic mass is 127. The van der Waals surface area contributed by atoms with Crippen LogP contribution in [0.5, 0.6) is 17.4 Å². The lowest BCUT2D eigenvalue weighted by Crippen LogP contribution is -2.38. The smallest absolute Gasteiger partial charge is 0.219 e. The zero-order valence-electron chi connectivity index (χ0n) is 18.0. The van der Waals surface area contributed by atoms with Crippen molar-refractivity contribution in [2.24, 2.45) is 4.99 Å². The van der Waals surface area contributed by atoms with E-state index in [1.807, 2.05) is 43.3 Å². The Kier molecular flexibility index (Phi) is 10.6. The van der Waals surface area contributed by atoms with E-state index in [2.05, 4.69) is 44.4 Å². The fourth-order valence-electron chi connectivity index (χ4n) is 2.83. The Morgan fingerprint density at radius 2 is 1.94 bits per heavy atom. The number of nitrogens with zero attached hydrogens (tertiary/aromatic N) is 2. The molecule has 1 atom stereocenters. The summed E-state index contributed by atoms with van der Waals surface area (Å²) < 4.78 is 11.5. The van der Waals surface area contributed by atoms with Crippen molar-refractivity contribution in [1.29, 1.82) is 0 Å². The minimum Gasteiger partial charge on any atom is -0.490 e. The first-order chi connectivity index (χ1) is 14.7. The van der Waals surface area contributed by atoms with Crippen molar-refractivity contribution in [2.45, 2.75) is 26.3 Å². The molecule has 2 aromatic heterocycles. The van der Waals surface area contributed by atoms with Gasteiger partial charge in [-0.3, -0.25) is 4.99 Å². The second kappa shape index (κ2) is 13.2. The van der Waals surface area contributed by atoms with E-state index in [0.29, 0.717) is 36.4 Å². The fraction of sp³-hybridized carbons (Fsp3) is 0.304. The van der Waals surface area contributed by atoms with Gasteiger partial charge in [0.2, 0.25) is 5.88 Å². The Balaban J connectivity index is 0.00000341. The second-order valence-electron chi connectivity index (χ2n) is 6.75. The van der Waals surface area contributed by atoms with Crippen molar-refractivity contribution >= 4 is 41.3 Å². The third kappa shape index (κ3) is 7.70. The predicted octanol–water partition coefficient (Wildman–Crippen LogP) is 5.42. The molecule has 0 bridgehead atoms. The van der Waals surface area contributed by atoms with Crippen LogP contribution in [0.15, 0.2) is 64.4 Å². The van der Waals surface area contributed by atoms with Gasteiger partial charge in [-0.1, -0.05) is 25.1 Å². The standard InChI is InChI=1S/C23H28N4O2S.HI/c1-4-28-20-7-5-6-8-21(20)29-22-10-9-18(14-25-22)15-27-23(24-3)26-13-17(2)19-11-12-30-16-19;/h5-12,14,16-17H,4,13,15H2,1-3H3,(H2,24,26,27);1H. The summed E-state index contributed by atoms with van der Waals surface area (Å²) in [7, 11) is 1.77. The largest absolute Gasteiger partial charge is 0.490 e. The van der Waals surface area contributed by atoms with E-state index in [4.69, 9.17) is 9.47 Å². The molecule has 1 aromatic carbocycles. The molecule has 2 heterocycles. The van der Waals surface area contributed by atoms with E-state index in [1.54, 1.807) is 24.6 Å². The molecular formula is C23H29IN4O2S. The summed E-state index contributed by atoms with van der Waals surface area (Å²) in [6, 6.07) is 13.6. The average Bonchev–Trinajstić information content (AvgIpc) is 3.31. The Labute approximate surface area is 205 Å². The second-order valence-corrected chi connectivity index (χ2v) is 7.53. The van der Waals surface area contributed by atoms with Crippen LogP contribution in [0.25, 0.3) is 0 Å². The lowest BCUT2D eigenvalue weighted by atomic mass is 10.1. The van der Waals surface area contributed by atoms with Gasteiger partial charge >= 0.3 is 0 Å². The summed E-state index contributed by atoms with van der Waals surface area (Å²) in [4.78, 5) is 8.71. The molecule has 0 saturated heterocycles. The maximum Gasteiger partial charge on any atom is 0.219 e. The number of benzene rings is 1. The number of hydrogen-bond donors (Lipinski definition) is 2. The molecule has 0 aliphatic carbocycles. The molecule has 3 rings (SSSR count). The summed E-state index contributed by atoms with van der Waals surface area (Å²) >= 11 is 1.72. The number of nitrogens with one attached hydrogen (secondary N) is 2. The highest BCUT2D eigenvalue weighted by Crippen LogP contribution is 2.30. The molecule has 0 aliphatic heterocycles. The van der Waals surface area contributed by atoms with Crippen molar-refractivity contribution < 1.29 is 9.47 Å². The third-order valence-electron chi connectivity index (χ3n) is 4.53. The zero-order chi connectivity index (χ0) is 21.2. The predicted molar refractivity (Wildman–Crippen MR) is 138 cm³/mol. The first-order valence-corrected chi connectivity index (χ1v) is 10.9. The van der Waals surface area contributed by atoms with Crippen molar-refractivity contribution in [3.8, 4) is 17.4 Å². The number of aromatic nitrogens is 1. The van der Waals surface area contributed by atoms with Crippen LogP contribution in [-0.4, -0.2) is 31.1 Å². The number of para-hydroxylation sites is 2. The topological polar surface area (TPSA) is 67.8 Å². The van der Waals surface area contributed by atoms with Gasteiger partial charge in [0.25, 0.3) is 0 Å². The minimum absolute atomic E-state index is 0. The molecule has 0 amide bonds. The molecule has 31 heavy (non-hydrogen) atoms. The number of aliphatic imine (C=N–C) groups is 1. The summed E-state index contributed by atoms with van der Waals surface area (Å²) in [6.45, 7) is 6.17. The Morgan fingerprint density at radius 1 is 1.13 bits per heavy atom. The summed E-state index contributed by atoms with van der Waals surface area (Å²) in [5.41, 5.74) is 2.38. The minimum atomic E-state index is 0. The van der Waals surface area contributed by atoms with Crippen molar-refractivity contribution in [1.82, 2.24) is 15.6 Å². The molecule has 6 nitrogen and oxygen atoms in total. The van der Waals surface area contributed by atoms with Crippen LogP contribution in [0.2, 0.25) is 0 Å². The normalized spacial score (nSPS) is 11.9.